The maximum Gasteiger partial charge on any atom is 0.182 e. The fraction of sp³-hybridized carbons (Fsp3) is 0.167. The molecule has 4 aromatic rings. The molecule has 7 heteroatoms. The number of aliphatic hydroxyl groups excluding tert-OH is 3. The Morgan fingerprint density at radius 2 is 1.52 bits per heavy atom. The summed E-state index contributed by atoms with van der Waals surface area (Å²) in [6.45, 7) is -0.581. The van der Waals surface area contributed by atoms with Gasteiger partial charge in [0.05, 0.1) is 23.3 Å². The number of fused-ring (bicyclic) bond motifs is 2. The molecule has 2 atom stereocenters. The highest BCUT2D eigenvalue weighted by Crippen LogP contribution is 2.27. The van der Waals surface area contributed by atoms with E-state index in [1.165, 1.54) is 0 Å². The van der Waals surface area contributed by atoms with Crippen molar-refractivity contribution in [2.45, 2.75) is 12.2 Å². The molecule has 7 nitrogen and oxygen atoms in total. The molecule has 2 aromatic carbocycles. The molecule has 4 rings (SSSR count). The maximum absolute atomic E-state index is 10.4. The van der Waals surface area contributed by atoms with Crippen LogP contribution in [0.5, 0.6) is 0 Å². The molecule has 2 aromatic heterocycles. The van der Waals surface area contributed by atoms with E-state index in [0.29, 0.717) is 22.2 Å². The maximum atomic E-state index is 10.4. The van der Waals surface area contributed by atoms with Gasteiger partial charge in [0.2, 0.25) is 0 Å². The van der Waals surface area contributed by atoms with Crippen molar-refractivity contribution in [3.63, 3.8) is 0 Å². The lowest BCUT2D eigenvalue weighted by molar-refractivity contribution is -0.0168. The summed E-state index contributed by atoms with van der Waals surface area (Å²) in [6, 6.07) is 16.8. The number of rotatable bonds is 4. The molecule has 25 heavy (non-hydrogen) atoms. The van der Waals surface area contributed by atoms with Crippen LogP contribution in [0.25, 0.3) is 27.9 Å². The van der Waals surface area contributed by atoms with Crippen molar-refractivity contribution in [1.29, 1.82) is 0 Å². The van der Waals surface area contributed by atoms with Crippen molar-refractivity contribution in [1.82, 2.24) is 19.7 Å². The summed E-state index contributed by atoms with van der Waals surface area (Å²) < 4.78 is 1.58. The number of aliphatic hydroxyl groups is 3. The first-order chi connectivity index (χ1) is 12.2. The van der Waals surface area contributed by atoms with Gasteiger partial charge in [0.15, 0.2) is 5.65 Å². The predicted molar refractivity (Wildman–Crippen MR) is 92.2 cm³/mol. The van der Waals surface area contributed by atoms with Crippen LogP contribution in [-0.2, 0) is 0 Å². The fourth-order valence-corrected chi connectivity index (χ4v) is 2.74. The van der Waals surface area contributed by atoms with E-state index in [9.17, 15) is 10.2 Å². The predicted octanol–water partition coefficient (Wildman–Crippen LogP) is 1.36. The Balaban J connectivity index is 2.03. The van der Waals surface area contributed by atoms with Crippen LogP contribution in [0, 0.1) is 0 Å². The lowest BCUT2D eigenvalue weighted by Gasteiger charge is -2.12. The van der Waals surface area contributed by atoms with Crippen LogP contribution in [0.4, 0.5) is 0 Å². The smallest absolute Gasteiger partial charge is 0.182 e. The second-order valence-electron chi connectivity index (χ2n) is 5.71. The minimum Gasteiger partial charge on any atom is -0.394 e. The Bertz CT molecular complexity index is 1030. The molecule has 3 N–H and O–H groups in total. The van der Waals surface area contributed by atoms with Gasteiger partial charge in [0.25, 0.3) is 0 Å². The van der Waals surface area contributed by atoms with E-state index in [0.717, 1.165) is 5.69 Å². The monoisotopic (exact) mass is 336 g/mol. The largest absolute Gasteiger partial charge is 0.394 e. The quantitative estimate of drug-likeness (QED) is 0.520. The number of nitrogens with zero attached hydrogens (tertiary/aromatic N) is 4. The molecule has 0 saturated carbocycles. The van der Waals surface area contributed by atoms with Gasteiger partial charge in [-0.25, -0.2) is 14.6 Å². The Labute approximate surface area is 142 Å². The number of benzene rings is 2. The number of aromatic nitrogens is 4. The minimum atomic E-state index is -1.37. The van der Waals surface area contributed by atoms with Crippen molar-refractivity contribution in [2.75, 3.05) is 6.61 Å². The first-order valence-electron chi connectivity index (χ1n) is 7.87. The van der Waals surface area contributed by atoms with Gasteiger partial charge in [0.1, 0.15) is 23.4 Å². The van der Waals surface area contributed by atoms with Crippen molar-refractivity contribution in [3.8, 4) is 5.69 Å². The van der Waals surface area contributed by atoms with Crippen molar-refractivity contribution in [3.05, 3.63) is 60.3 Å². The standard InChI is InChI=1S/C18H16N4O3/c23-10-14(24)17(25)15-16-18(20-13-9-5-4-8-12(13)19-16)22(21-15)11-6-2-1-3-7-11/h1-9,14,17,23-25H,10H2. The van der Waals surface area contributed by atoms with Crippen molar-refractivity contribution >= 4 is 22.2 Å². The van der Waals surface area contributed by atoms with Crippen LogP contribution in [0.1, 0.15) is 11.8 Å². The highest BCUT2D eigenvalue weighted by Gasteiger charge is 2.26. The van der Waals surface area contributed by atoms with Crippen LogP contribution in [-0.4, -0.2) is 47.8 Å². The Morgan fingerprint density at radius 1 is 0.880 bits per heavy atom. The Kier molecular flexibility index (Phi) is 3.89. The molecule has 0 fully saturated rings. The van der Waals surface area contributed by atoms with Crippen molar-refractivity contribution < 1.29 is 15.3 Å². The zero-order chi connectivity index (χ0) is 17.4. The molecular weight excluding hydrogens is 320 g/mol. The van der Waals surface area contributed by atoms with Crippen LogP contribution < -0.4 is 0 Å². The van der Waals surface area contributed by atoms with Crippen LogP contribution in [0.15, 0.2) is 54.6 Å². The van der Waals surface area contributed by atoms with Gasteiger partial charge in [-0.15, -0.1) is 0 Å². The molecular formula is C18H16N4O3. The van der Waals surface area contributed by atoms with Crippen molar-refractivity contribution in [2.24, 2.45) is 0 Å². The Morgan fingerprint density at radius 3 is 2.20 bits per heavy atom. The topological polar surface area (TPSA) is 104 Å². The summed E-state index contributed by atoms with van der Waals surface area (Å²) >= 11 is 0. The molecule has 0 aliphatic carbocycles. The van der Waals surface area contributed by atoms with Gasteiger partial charge >= 0.3 is 0 Å². The molecule has 0 amide bonds. The Hall–Kier alpha value is -2.87. The second-order valence-corrected chi connectivity index (χ2v) is 5.71. The molecule has 0 bridgehead atoms. The SMILES string of the molecule is OCC(O)C(O)c1nn(-c2ccccc2)c2nc3ccccc3nc12. The van der Waals surface area contributed by atoms with E-state index in [2.05, 4.69) is 15.1 Å². The summed E-state index contributed by atoms with van der Waals surface area (Å²) in [5.74, 6) is 0. The van der Waals surface area contributed by atoms with Gasteiger partial charge in [-0.3, -0.25) is 0 Å². The summed E-state index contributed by atoms with van der Waals surface area (Å²) in [4.78, 5) is 9.19. The third-order valence-electron chi connectivity index (χ3n) is 4.04. The fourth-order valence-electron chi connectivity index (χ4n) is 2.74. The highest BCUT2D eigenvalue weighted by atomic mass is 16.4. The van der Waals surface area contributed by atoms with E-state index in [1.54, 1.807) is 4.68 Å². The van der Waals surface area contributed by atoms with E-state index in [-0.39, 0.29) is 5.69 Å². The first kappa shape index (κ1) is 15.6. The van der Waals surface area contributed by atoms with Gasteiger partial charge < -0.3 is 15.3 Å². The average Bonchev–Trinajstić information content (AvgIpc) is 3.04. The first-order valence-corrected chi connectivity index (χ1v) is 7.87. The molecule has 0 saturated heterocycles. The van der Waals surface area contributed by atoms with E-state index < -0.39 is 18.8 Å². The summed E-state index contributed by atoms with van der Waals surface area (Å²) in [5, 5.41) is 33.8. The third-order valence-corrected chi connectivity index (χ3v) is 4.04. The molecule has 0 aliphatic heterocycles. The van der Waals surface area contributed by atoms with Gasteiger partial charge in [0, 0.05) is 0 Å². The van der Waals surface area contributed by atoms with Crippen LogP contribution in [0.2, 0.25) is 0 Å². The average molecular weight is 336 g/mol. The molecule has 0 aliphatic rings. The lowest BCUT2D eigenvalue weighted by atomic mass is 10.1. The number of hydrogen-bond acceptors (Lipinski definition) is 6. The van der Waals surface area contributed by atoms with Gasteiger partial charge in [-0.05, 0) is 24.3 Å². The molecule has 2 unspecified atom stereocenters. The molecule has 0 spiro atoms. The van der Waals surface area contributed by atoms with E-state index in [1.807, 2.05) is 54.6 Å². The molecule has 0 radical (unpaired) electrons. The third kappa shape index (κ3) is 2.64. The van der Waals surface area contributed by atoms with E-state index >= 15 is 0 Å². The number of para-hydroxylation sites is 3. The zero-order valence-electron chi connectivity index (χ0n) is 13.2. The second kappa shape index (κ2) is 6.21. The molecule has 126 valence electrons. The van der Waals surface area contributed by atoms with Crippen LogP contribution >= 0.6 is 0 Å². The number of hydrogen-bond donors (Lipinski definition) is 3. The molecule has 2 heterocycles. The van der Waals surface area contributed by atoms with Gasteiger partial charge in [-0.2, -0.15) is 5.10 Å². The lowest BCUT2D eigenvalue weighted by Crippen LogP contribution is -2.22. The minimum absolute atomic E-state index is 0.179. The normalized spacial score (nSPS) is 14.0. The highest BCUT2D eigenvalue weighted by molar-refractivity contribution is 5.86. The van der Waals surface area contributed by atoms with Gasteiger partial charge in [-0.1, -0.05) is 30.3 Å². The summed E-state index contributed by atoms with van der Waals surface area (Å²) in [7, 11) is 0. The van der Waals surface area contributed by atoms with Crippen LogP contribution in [0.3, 0.4) is 0 Å². The summed E-state index contributed by atoms with van der Waals surface area (Å²) in [5.41, 5.74) is 3.17. The van der Waals surface area contributed by atoms with E-state index in [4.69, 9.17) is 5.11 Å². The zero-order valence-corrected chi connectivity index (χ0v) is 13.2. The summed E-state index contributed by atoms with van der Waals surface area (Å²) in [6.07, 6.45) is -2.72.